The van der Waals surface area contributed by atoms with Crippen molar-refractivity contribution in [2.45, 2.75) is 0 Å². The molecule has 0 aliphatic carbocycles. The second kappa shape index (κ2) is 14.5. The standard InChI is InChI=1S/C58H37NOS/c1-2-11-43(12-3-1)49-34-35-53-50-14-6-8-16-54(50)60-58(53)57(49)59(48-31-26-42(27-32-48)46-28-33-52-51-15-7-9-17-55(51)61-56(52)37-46)47-29-24-40(25-30-47)39-18-20-41(21-19-39)45-23-22-38-10-4-5-13-44(38)36-45/h1-37H. The fourth-order valence-electron chi connectivity index (χ4n) is 8.99. The molecule has 286 valence electrons. The van der Waals surface area contributed by atoms with Gasteiger partial charge in [0.1, 0.15) is 5.58 Å². The first-order valence-electron chi connectivity index (χ1n) is 20.7. The highest BCUT2D eigenvalue weighted by Gasteiger charge is 2.24. The smallest absolute Gasteiger partial charge is 0.160 e. The molecule has 0 spiro atoms. The molecule has 0 radical (unpaired) electrons. The summed E-state index contributed by atoms with van der Waals surface area (Å²) in [6.07, 6.45) is 0. The summed E-state index contributed by atoms with van der Waals surface area (Å²) in [5.41, 5.74) is 14.2. The minimum absolute atomic E-state index is 0.857. The molecule has 12 aromatic rings. The highest BCUT2D eigenvalue weighted by atomic mass is 32.1. The van der Waals surface area contributed by atoms with Gasteiger partial charge in [0.25, 0.3) is 0 Å². The van der Waals surface area contributed by atoms with E-state index in [-0.39, 0.29) is 0 Å². The summed E-state index contributed by atoms with van der Waals surface area (Å²) >= 11 is 1.86. The lowest BCUT2D eigenvalue weighted by atomic mass is 9.97. The van der Waals surface area contributed by atoms with Gasteiger partial charge in [0.2, 0.25) is 0 Å². The van der Waals surface area contributed by atoms with Crippen molar-refractivity contribution in [3.05, 3.63) is 224 Å². The zero-order chi connectivity index (χ0) is 40.3. The summed E-state index contributed by atoms with van der Waals surface area (Å²) in [7, 11) is 0. The van der Waals surface area contributed by atoms with Crippen LogP contribution in [0.2, 0.25) is 0 Å². The van der Waals surface area contributed by atoms with E-state index in [0.717, 1.165) is 55.7 Å². The topological polar surface area (TPSA) is 16.4 Å². The molecule has 3 heteroatoms. The number of nitrogens with zero attached hydrogens (tertiary/aromatic N) is 1. The fraction of sp³-hybridized carbons (Fsp3) is 0. The van der Waals surface area contributed by atoms with Crippen molar-refractivity contribution in [2.75, 3.05) is 4.90 Å². The van der Waals surface area contributed by atoms with E-state index in [0.29, 0.717) is 0 Å². The first kappa shape index (κ1) is 35.2. The molecule has 10 aromatic carbocycles. The van der Waals surface area contributed by atoms with Crippen molar-refractivity contribution in [2.24, 2.45) is 0 Å². The third-order valence-corrected chi connectivity index (χ3v) is 13.2. The lowest BCUT2D eigenvalue weighted by Crippen LogP contribution is -2.11. The summed E-state index contributed by atoms with van der Waals surface area (Å²) < 4.78 is 9.47. The molecule has 0 unspecified atom stereocenters. The Morgan fingerprint density at radius 3 is 1.59 bits per heavy atom. The average molecular weight is 796 g/mol. The molecule has 0 N–H and O–H groups in total. The lowest BCUT2D eigenvalue weighted by Gasteiger charge is -2.28. The first-order valence-corrected chi connectivity index (χ1v) is 21.5. The van der Waals surface area contributed by atoms with Crippen LogP contribution < -0.4 is 4.90 Å². The average Bonchev–Trinajstić information content (AvgIpc) is 3.91. The Labute approximate surface area is 357 Å². The first-order chi connectivity index (χ1) is 30.2. The van der Waals surface area contributed by atoms with Crippen LogP contribution in [0.4, 0.5) is 17.1 Å². The monoisotopic (exact) mass is 795 g/mol. The third kappa shape index (κ3) is 6.18. The van der Waals surface area contributed by atoms with E-state index in [1.54, 1.807) is 0 Å². The predicted molar refractivity (Wildman–Crippen MR) is 261 cm³/mol. The number of thiophene rings is 1. The second-order valence-corrected chi connectivity index (χ2v) is 16.8. The van der Waals surface area contributed by atoms with Crippen LogP contribution in [-0.4, -0.2) is 0 Å². The van der Waals surface area contributed by atoms with Gasteiger partial charge in [-0.2, -0.15) is 0 Å². The third-order valence-electron chi connectivity index (χ3n) is 12.1. The molecule has 61 heavy (non-hydrogen) atoms. The Bertz CT molecular complexity index is 3560. The number of hydrogen-bond acceptors (Lipinski definition) is 3. The fourth-order valence-corrected chi connectivity index (χ4v) is 10.1. The van der Waals surface area contributed by atoms with Gasteiger partial charge in [-0.25, -0.2) is 0 Å². The molecular weight excluding hydrogens is 759 g/mol. The molecular formula is C58H37NOS. The number of anilines is 3. The largest absolute Gasteiger partial charge is 0.454 e. The summed E-state index contributed by atoms with van der Waals surface area (Å²) in [5.74, 6) is 0. The molecule has 2 aromatic heterocycles. The van der Waals surface area contributed by atoms with Crippen LogP contribution >= 0.6 is 11.3 Å². The Hall–Kier alpha value is -7.72. The zero-order valence-electron chi connectivity index (χ0n) is 33.1. The van der Waals surface area contributed by atoms with E-state index in [1.807, 2.05) is 17.4 Å². The lowest BCUT2D eigenvalue weighted by molar-refractivity contribution is 0.669. The predicted octanol–water partition coefficient (Wildman–Crippen LogP) is 17.2. The Kier molecular flexibility index (Phi) is 8.39. The van der Waals surface area contributed by atoms with E-state index < -0.39 is 0 Å². The van der Waals surface area contributed by atoms with Crippen LogP contribution in [0.5, 0.6) is 0 Å². The van der Waals surface area contributed by atoms with Crippen LogP contribution in [0.3, 0.4) is 0 Å². The summed E-state index contributed by atoms with van der Waals surface area (Å²) in [5, 5.41) is 7.33. The van der Waals surface area contributed by atoms with Crippen LogP contribution in [0.1, 0.15) is 0 Å². The number of rotatable bonds is 7. The van der Waals surface area contributed by atoms with Crippen LogP contribution in [0.15, 0.2) is 229 Å². The Morgan fingerprint density at radius 1 is 0.328 bits per heavy atom. The normalized spacial score (nSPS) is 11.6. The highest BCUT2D eigenvalue weighted by Crippen LogP contribution is 2.48. The van der Waals surface area contributed by atoms with Crippen molar-refractivity contribution in [3.63, 3.8) is 0 Å². The van der Waals surface area contributed by atoms with E-state index >= 15 is 0 Å². The summed E-state index contributed by atoms with van der Waals surface area (Å²) in [6.45, 7) is 0. The number of hydrogen-bond donors (Lipinski definition) is 0. The van der Waals surface area contributed by atoms with Crippen molar-refractivity contribution in [3.8, 4) is 44.5 Å². The molecule has 12 rings (SSSR count). The second-order valence-electron chi connectivity index (χ2n) is 15.7. The maximum atomic E-state index is 6.85. The van der Waals surface area contributed by atoms with Crippen LogP contribution in [-0.2, 0) is 0 Å². The summed E-state index contributed by atoms with van der Waals surface area (Å²) in [6, 6.07) is 81.1. The Morgan fingerprint density at radius 2 is 0.852 bits per heavy atom. The number of benzene rings is 10. The van der Waals surface area contributed by atoms with Gasteiger partial charge in [0.05, 0.1) is 5.69 Å². The van der Waals surface area contributed by atoms with Crippen molar-refractivity contribution in [1.82, 2.24) is 0 Å². The molecule has 0 aliphatic heterocycles. The van der Waals surface area contributed by atoms with Crippen LogP contribution in [0, 0.1) is 0 Å². The number of furan rings is 1. The van der Waals surface area contributed by atoms with Gasteiger partial charge in [-0.05, 0) is 104 Å². The van der Waals surface area contributed by atoms with E-state index in [4.69, 9.17) is 4.42 Å². The molecule has 0 bridgehead atoms. The van der Waals surface area contributed by atoms with E-state index in [1.165, 1.54) is 58.8 Å². The molecule has 0 saturated heterocycles. The quantitative estimate of drug-likeness (QED) is 0.160. The van der Waals surface area contributed by atoms with Gasteiger partial charge >= 0.3 is 0 Å². The van der Waals surface area contributed by atoms with E-state index in [2.05, 4.69) is 223 Å². The van der Waals surface area contributed by atoms with E-state index in [9.17, 15) is 0 Å². The molecule has 0 fully saturated rings. The van der Waals surface area contributed by atoms with Gasteiger partial charge in [0, 0.05) is 47.9 Å². The van der Waals surface area contributed by atoms with Gasteiger partial charge in [0.15, 0.2) is 5.58 Å². The SMILES string of the molecule is c1ccc(-c2ccc3c(oc4ccccc43)c2N(c2ccc(-c3ccc(-c4ccc5ccccc5c4)cc3)cc2)c2ccc(-c3ccc4c(c3)sc3ccccc34)cc2)cc1. The van der Waals surface area contributed by atoms with Crippen molar-refractivity contribution in [1.29, 1.82) is 0 Å². The van der Waals surface area contributed by atoms with Gasteiger partial charge in [-0.15, -0.1) is 11.3 Å². The molecule has 0 amide bonds. The maximum absolute atomic E-state index is 6.85. The van der Waals surface area contributed by atoms with Crippen molar-refractivity contribution < 1.29 is 4.42 Å². The number of para-hydroxylation sites is 1. The molecule has 0 atom stereocenters. The van der Waals surface area contributed by atoms with Gasteiger partial charge in [-0.3, -0.25) is 0 Å². The minimum atomic E-state index is 0.857. The molecule has 2 heterocycles. The molecule has 0 saturated carbocycles. The van der Waals surface area contributed by atoms with Gasteiger partial charge in [-0.1, -0.05) is 170 Å². The Balaban J connectivity index is 0.979. The van der Waals surface area contributed by atoms with Crippen LogP contribution in [0.25, 0.3) is 97.4 Å². The summed E-state index contributed by atoms with van der Waals surface area (Å²) in [4.78, 5) is 2.37. The molecule has 0 aliphatic rings. The molecule has 2 nitrogen and oxygen atoms in total. The van der Waals surface area contributed by atoms with Gasteiger partial charge < -0.3 is 9.32 Å². The van der Waals surface area contributed by atoms with Crippen molar-refractivity contribution >= 4 is 81.3 Å². The highest BCUT2D eigenvalue weighted by molar-refractivity contribution is 7.25. The minimum Gasteiger partial charge on any atom is -0.454 e. The zero-order valence-corrected chi connectivity index (χ0v) is 33.9. The maximum Gasteiger partial charge on any atom is 0.160 e. The number of fused-ring (bicyclic) bond motifs is 7.